The van der Waals surface area contributed by atoms with Gasteiger partial charge in [0, 0.05) is 22.9 Å². The molecule has 1 aliphatic rings. The fourth-order valence-electron chi connectivity index (χ4n) is 1.91. The maximum absolute atomic E-state index is 5.88. The average Bonchev–Trinajstić information content (AvgIpc) is 2.32. The van der Waals surface area contributed by atoms with E-state index in [1.807, 2.05) is 23.9 Å². The van der Waals surface area contributed by atoms with E-state index in [0.29, 0.717) is 6.10 Å². The minimum absolute atomic E-state index is 0.430. The Balaban J connectivity index is 1.91. The minimum atomic E-state index is 0.430. The van der Waals surface area contributed by atoms with Gasteiger partial charge in [0.25, 0.3) is 0 Å². The smallest absolute Gasteiger partial charge is 0.0669 e. The highest BCUT2D eigenvalue weighted by atomic mass is 32.2. The van der Waals surface area contributed by atoms with Crippen LogP contribution in [0.1, 0.15) is 24.8 Å². The number of hydrogen-bond donors (Lipinski definition) is 1. The fraction of sp³-hybridized carbons (Fsp3) is 0.538. The number of nitrogens with two attached hydrogens (primary N) is 1. The first kappa shape index (κ1) is 11.8. The molecule has 16 heavy (non-hydrogen) atoms. The normalized spacial score (nSPS) is 20.9. The molecule has 1 fully saturated rings. The fourth-order valence-corrected chi connectivity index (χ4v) is 3.05. The molecule has 1 saturated heterocycles. The monoisotopic (exact) mass is 237 g/mol. The molecule has 1 aromatic carbocycles. The van der Waals surface area contributed by atoms with E-state index in [0.717, 1.165) is 18.0 Å². The number of rotatable bonds is 3. The van der Waals surface area contributed by atoms with Crippen molar-refractivity contribution in [2.45, 2.75) is 37.2 Å². The van der Waals surface area contributed by atoms with Gasteiger partial charge >= 0.3 is 0 Å². The second-order valence-electron chi connectivity index (χ2n) is 4.27. The Kier molecular flexibility index (Phi) is 4.13. The van der Waals surface area contributed by atoms with E-state index in [-0.39, 0.29) is 0 Å². The highest BCUT2D eigenvalue weighted by Crippen LogP contribution is 2.28. The van der Waals surface area contributed by atoms with Crippen molar-refractivity contribution >= 4 is 17.4 Å². The lowest BCUT2D eigenvalue weighted by molar-refractivity contribution is 0.0315. The Labute approximate surface area is 102 Å². The molecule has 1 heterocycles. The van der Waals surface area contributed by atoms with E-state index in [1.165, 1.54) is 29.7 Å². The lowest BCUT2D eigenvalue weighted by Crippen LogP contribution is -2.21. The summed E-state index contributed by atoms with van der Waals surface area (Å²) in [7, 11) is 0. The number of nitrogen functional groups attached to an aromatic ring is 1. The summed E-state index contributed by atoms with van der Waals surface area (Å²) in [5, 5.41) is 0. The third-order valence-corrected chi connectivity index (χ3v) is 4.32. The molecule has 0 spiro atoms. The summed E-state index contributed by atoms with van der Waals surface area (Å²) < 4.78 is 5.72. The molecule has 1 atom stereocenters. The van der Waals surface area contributed by atoms with E-state index < -0.39 is 0 Å². The van der Waals surface area contributed by atoms with Crippen LogP contribution >= 0.6 is 11.8 Å². The number of anilines is 1. The highest BCUT2D eigenvalue weighted by Gasteiger charge is 2.14. The molecule has 1 aliphatic heterocycles. The molecule has 0 amide bonds. The molecule has 2 nitrogen and oxygen atoms in total. The van der Waals surface area contributed by atoms with Crippen LogP contribution in [-0.4, -0.2) is 18.5 Å². The van der Waals surface area contributed by atoms with Crippen LogP contribution in [0.5, 0.6) is 0 Å². The first-order valence-corrected chi connectivity index (χ1v) is 6.85. The number of ether oxygens (including phenoxy) is 1. The quantitative estimate of drug-likeness (QED) is 0.647. The summed E-state index contributed by atoms with van der Waals surface area (Å²) >= 11 is 1.86. The Bertz CT molecular complexity index is 348. The third-order valence-electron chi connectivity index (χ3n) is 3.02. The van der Waals surface area contributed by atoms with Crippen LogP contribution in [0.4, 0.5) is 5.69 Å². The van der Waals surface area contributed by atoms with Gasteiger partial charge in [-0.05, 0) is 43.9 Å². The van der Waals surface area contributed by atoms with Crippen LogP contribution in [0, 0.1) is 6.92 Å². The zero-order valence-corrected chi connectivity index (χ0v) is 10.6. The topological polar surface area (TPSA) is 35.2 Å². The lowest BCUT2D eigenvalue weighted by Gasteiger charge is -2.22. The molecule has 2 rings (SSSR count). The summed E-state index contributed by atoms with van der Waals surface area (Å²) in [5.41, 5.74) is 7.97. The maximum atomic E-state index is 5.88. The van der Waals surface area contributed by atoms with Gasteiger partial charge in [-0.3, -0.25) is 0 Å². The van der Waals surface area contributed by atoms with Gasteiger partial charge in [0.1, 0.15) is 0 Å². The Morgan fingerprint density at radius 1 is 1.44 bits per heavy atom. The molecule has 2 N–H and O–H groups in total. The van der Waals surface area contributed by atoms with Crippen LogP contribution in [0.2, 0.25) is 0 Å². The molecular weight excluding hydrogens is 218 g/mol. The van der Waals surface area contributed by atoms with Gasteiger partial charge < -0.3 is 10.5 Å². The van der Waals surface area contributed by atoms with Crippen molar-refractivity contribution < 1.29 is 4.74 Å². The van der Waals surface area contributed by atoms with Gasteiger partial charge in [0.05, 0.1) is 6.10 Å². The van der Waals surface area contributed by atoms with Crippen LogP contribution in [-0.2, 0) is 4.74 Å². The highest BCUT2D eigenvalue weighted by molar-refractivity contribution is 7.99. The van der Waals surface area contributed by atoms with Gasteiger partial charge in [-0.25, -0.2) is 0 Å². The van der Waals surface area contributed by atoms with E-state index in [4.69, 9.17) is 10.5 Å². The Morgan fingerprint density at radius 3 is 3.06 bits per heavy atom. The SMILES string of the molecule is Cc1c(N)cccc1SCC1CCCCO1. The first-order chi connectivity index (χ1) is 7.77. The van der Waals surface area contributed by atoms with Crippen LogP contribution < -0.4 is 5.73 Å². The van der Waals surface area contributed by atoms with Crippen molar-refractivity contribution in [2.75, 3.05) is 18.1 Å². The summed E-state index contributed by atoms with van der Waals surface area (Å²) in [6.07, 6.45) is 4.16. The zero-order chi connectivity index (χ0) is 11.4. The predicted octanol–water partition coefficient (Wildman–Crippen LogP) is 3.24. The van der Waals surface area contributed by atoms with Gasteiger partial charge in [-0.1, -0.05) is 6.07 Å². The van der Waals surface area contributed by atoms with Gasteiger partial charge in [0.2, 0.25) is 0 Å². The van der Waals surface area contributed by atoms with E-state index in [1.54, 1.807) is 0 Å². The molecular formula is C13H19NOS. The summed E-state index contributed by atoms with van der Waals surface area (Å²) in [6.45, 7) is 3.01. The molecule has 1 unspecified atom stereocenters. The van der Waals surface area contributed by atoms with Crippen molar-refractivity contribution in [3.63, 3.8) is 0 Å². The van der Waals surface area contributed by atoms with Gasteiger partial charge in [-0.2, -0.15) is 0 Å². The molecule has 0 aromatic heterocycles. The molecule has 0 radical (unpaired) electrons. The summed E-state index contributed by atoms with van der Waals surface area (Å²) in [4.78, 5) is 1.29. The average molecular weight is 237 g/mol. The van der Waals surface area contributed by atoms with Crippen molar-refractivity contribution in [3.8, 4) is 0 Å². The van der Waals surface area contributed by atoms with E-state index in [9.17, 15) is 0 Å². The van der Waals surface area contributed by atoms with Crippen LogP contribution in [0.25, 0.3) is 0 Å². The Hall–Kier alpha value is -0.670. The van der Waals surface area contributed by atoms with Gasteiger partial charge in [0.15, 0.2) is 0 Å². The maximum Gasteiger partial charge on any atom is 0.0669 e. The van der Waals surface area contributed by atoms with Crippen LogP contribution in [0.3, 0.4) is 0 Å². The molecule has 88 valence electrons. The molecule has 0 aliphatic carbocycles. The third kappa shape index (κ3) is 2.92. The van der Waals surface area contributed by atoms with Crippen molar-refractivity contribution in [1.82, 2.24) is 0 Å². The van der Waals surface area contributed by atoms with E-state index >= 15 is 0 Å². The van der Waals surface area contributed by atoms with Crippen molar-refractivity contribution in [3.05, 3.63) is 23.8 Å². The van der Waals surface area contributed by atoms with Crippen LogP contribution in [0.15, 0.2) is 23.1 Å². The molecule has 3 heteroatoms. The van der Waals surface area contributed by atoms with Gasteiger partial charge in [-0.15, -0.1) is 11.8 Å². The number of thioether (sulfide) groups is 1. The number of benzene rings is 1. The summed E-state index contributed by atoms with van der Waals surface area (Å²) in [5.74, 6) is 1.05. The number of hydrogen-bond acceptors (Lipinski definition) is 3. The second-order valence-corrected chi connectivity index (χ2v) is 5.33. The minimum Gasteiger partial charge on any atom is -0.398 e. The predicted molar refractivity (Wildman–Crippen MR) is 69.9 cm³/mol. The zero-order valence-electron chi connectivity index (χ0n) is 9.74. The summed E-state index contributed by atoms with van der Waals surface area (Å²) in [6, 6.07) is 6.11. The van der Waals surface area contributed by atoms with Crippen molar-refractivity contribution in [2.24, 2.45) is 0 Å². The molecule has 0 bridgehead atoms. The lowest BCUT2D eigenvalue weighted by atomic mass is 10.1. The second kappa shape index (κ2) is 5.60. The molecule has 0 saturated carbocycles. The molecule has 1 aromatic rings. The largest absolute Gasteiger partial charge is 0.398 e. The first-order valence-electron chi connectivity index (χ1n) is 5.87. The Morgan fingerprint density at radius 2 is 2.31 bits per heavy atom. The standard InChI is InChI=1S/C13H19NOS/c1-10-12(14)6-4-7-13(10)16-9-11-5-2-3-8-15-11/h4,6-7,11H,2-3,5,8-9,14H2,1H3. The van der Waals surface area contributed by atoms with Crippen molar-refractivity contribution in [1.29, 1.82) is 0 Å². The van der Waals surface area contributed by atoms with E-state index in [2.05, 4.69) is 13.0 Å².